The molecule has 1 aromatic heterocycles. The second-order valence-electron chi connectivity index (χ2n) is 8.53. The summed E-state index contributed by atoms with van der Waals surface area (Å²) in [6.07, 6.45) is 3.87. The summed E-state index contributed by atoms with van der Waals surface area (Å²) >= 11 is 5.71. The van der Waals surface area contributed by atoms with Crippen LogP contribution in [0.15, 0.2) is 59.1 Å². The summed E-state index contributed by atoms with van der Waals surface area (Å²) in [7, 11) is -2.85. The average molecular weight is 520 g/mol. The summed E-state index contributed by atoms with van der Waals surface area (Å²) in [6, 6.07) is 9.17. The molecule has 2 heterocycles. The largest absolute Gasteiger partial charge is 0.468 e. The number of halogens is 3. The number of esters is 1. The van der Waals surface area contributed by atoms with Crippen LogP contribution >= 0.6 is 11.6 Å². The first kappa shape index (κ1) is 23.7. The van der Waals surface area contributed by atoms with Gasteiger partial charge in [-0.2, -0.15) is 9.40 Å². The van der Waals surface area contributed by atoms with E-state index in [1.165, 1.54) is 35.7 Å². The van der Waals surface area contributed by atoms with E-state index >= 15 is 0 Å². The highest BCUT2D eigenvalue weighted by atomic mass is 35.5. The van der Waals surface area contributed by atoms with Gasteiger partial charge >= 0.3 is 5.97 Å². The Morgan fingerprint density at radius 1 is 1.17 bits per heavy atom. The number of piperidine rings is 1. The lowest BCUT2D eigenvalue weighted by Gasteiger charge is -2.43. The van der Waals surface area contributed by atoms with Crippen LogP contribution in [0.4, 0.5) is 8.78 Å². The summed E-state index contributed by atoms with van der Waals surface area (Å²) < 4.78 is 62.0. The lowest BCUT2D eigenvalue weighted by molar-refractivity contribution is -0.151. The molecule has 0 saturated carbocycles. The van der Waals surface area contributed by atoms with Crippen molar-refractivity contribution >= 4 is 33.7 Å². The predicted octanol–water partition coefficient (Wildman–Crippen LogP) is 4.00. The standard InChI is InChI=1S/C24H20ClF2N3O4S/c1-34-23(31)24-12-15-13-28-30(18-4-2-17(26)3-5-18)22(15)10-16(24)8-9-29(14-24)35(32,33)19-6-7-20(25)21(27)11-19/h2-7,10-11,13H,8-9,12,14H2,1H3/t24-/m0/s1. The highest BCUT2D eigenvalue weighted by molar-refractivity contribution is 7.89. The van der Waals surface area contributed by atoms with Crippen molar-refractivity contribution in [2.75, 3.05) is 20.2 Å². The van der Waals surface area contributed by atoms with Crippen molar-refractivity contribution in [3.05, 3.63) is 82.1 Å². The van der Waals surface area contributed by atoms with Gasteiger partial charge in [0.2, 0.25) is 10.0 Å². The maximum Gasteiger partial charge on any atom is 0.317 e. The van der Waals surface area contributed by atoms with Crippen molar-refractivity contribution in [1.82, 2.24) is 14.1 Å². The quantitative estimate of drug-likeness (QED) is 0.487. The molecule has 1 aliphatic heterocycles. The molecule has 182 valence electrons. The van der Waals surface area contributed by atoms with E-state index in [-0.39, 0.29) is 41.7 Å². The normalized spacial score (nSPS) is 20.1. The number of carbonyl (C=O) groups is 1. The number of hydrogen-bond donors (Lipinski definition) is 0. The van der Waals surface area contributed by atoms with E-state index in [2.05, 4.69) is 5.10 Å². The van der Waals surface area contributed by atoms with Crippen molar-refractivity contribution in [2.45, 2.75) is 17.7 Å². The molecule has 0 amide bonds. The molecular weight excluding hydrogens is 500 g/mol. The van der Waals surface area contributed by atoms with Crippen molar-refractivity contribution in [1.29, 1.82) is 0 Å². The van der Waals surface area contributed by atoms with E-state index in [1.54, 1.807) is 23.0 Å². The van der Waals surface area contributed by atoms with Crippen LogP contribution in [-0.4, -0.2) is 48.7 Å². The lowest BCUT2D eigenvalue weighted by Crippen LogP contribution is -2.53. The summed E-state index contributed by atoms with van der Waals surface area (Å²) in [5.74, 6) is -1.78. The minimum absolute atomic E-state index is 0.0944. The van der Waals surface area contributed by atoms with Crippen LogP contribution < -0.4 is 0 Å². The maximum atomic E-state index is 14.0. The SMILES string of the molecule is COC(=O)[C@]12Cc3cnn(-c4ccc(F)cc4)c3C=C1CCN(S(=O)(=O)c1ccc(Cl)c(F)c1)C2. The van der Waals surface area contributed by atoms with Gasteiger partial charge in [-0.15, -0.1) is 0 Å². The number of carbonyl (C=O) groups excluding carboxylic acids is 1. The Labute approximate surface area is 205 Å². The Balaban J connectivity index is 1.54. The minimum Gasteiger partial charge on any atom is -0.468 e. The van der Waals surface area contributed by atoms with Crippen LogP contribution in [0.5, 0.6) is 0 Å². The summed E-state index contributed by atoms with van der Waals surface area (Å²) in [5, 5.41) is 4.23. The van der Waals surface area contributed by atoms with Crippen LogP contribution in [0.2, 0.25) is 5.02 Å². The number of rotatable bonds is 4. The third-order valence-electron chi connectivity index (χ3n) is 6.56. The summed E-state index contributed by atoms with van der Waals surface area (Å²) in [4.78, 5) is 12.9. The third-order valence-corrected chi connectivity index (χ3v) is 8.70. The Bertz CT molecular complexity index is 1470. The molecule has 1 atom stereocenters. The number of fused-ring (bicyclic) bond motifs is 2. The van der Waals surface area contributed by atoms with Gasteiger partial charge in [-0.3, -0.25) is 4.79 Å². The molecule has 0 spiro atoms. The number of hydrogen-bond acceptors (Lipinski definition) is 5. The number of nitrogens with zero attached hydrogens (tertiary/aromatic N) is 3. The molecule has 35 heavy (non-hydrogen) atoms. The zero-order valence-corrected chi connectivity index (χ0v) is 20.1. The van der Waals surface area contributed by atoms with Gasteiger partial charge in [-0.25, -0.2) is 21.9 Å². The second kappa shape index (κ2) is 8.54. The molecule has 0 N–H and O–H groups in total. The second-order valence-corrected chi connectivity index (χ2v) is 10.9. The van der Waals surface area contributed by atoms with Crippen LogP contribution in [0.1, 0.15) is 17.7 Å². The van der Waals surface area contributed by atoms with Crippen LogP contribution in [0, 0.1) is 17.0 Å². The van der Waals surface area contributed by atoms with Gasteiger partial charge in [-0.1, -0.05) is 11.6 Å². The first-order valence-electron chi connectivity index (χ1n) is 10.7. The Hall–Kier alpha value is -3.08. The Morgan fingerprint density at radius 3 is 2.60 bits per heavy atom. The van der Waals surface area contributed by atoms with E-state index in [0.717, 1.165) is 22.9 Å². The van der Waals surface area contributed by atoms with Gasteiger partial charge in [0, 0.05) is 13.1 Å². The fourth-order valence-corrected chi connectivity index (χ4v) is 6.39. The van der Waals surface area contributed by atoms with Crippen LogP contribution in [-0.2, 0) is 26.0 Å². The van der Waals surface area contributed by atoms with Gasteiger partial charge in [-0.05, 0) is 72.5 Å². The van der Waals surface area contributed by atoms with Crippen molar-refractivity contribution in [3.63, 3.8) is 0 Å². The zero-order valence-electron chi connectivity index (χ0n) is 18.5. The maximum absolute atomic E-state index is 14.0. The number of ether oxygens (including phenoxy) is 1. The molecule has 11 heteroatoms. The number of sulfonamides is 1. The minimum atomic E-state index is -4.11. The topological polar surface area (TPSA) is 81.5 Å². The van der Waals surface area contributed by atoms with Crippen molar-refractivity contribution < 1.29 is 26.7 Å². The molecule has 0 unspecified atom stereocenters. The fourth-order valence-electron chi connectivity index (χ4n) is 4.76. The molecule has 1 saturated heterocycles. The van der Waals surface area contributed by atoms with Crippen molar-refractivity contribution in [2.24, 2.45) is 5.41 Å². The molecule has 0 radical (unpaired) electrons. The first-order chi connectivity index (χ1) is 16.7. The molecule has 2 aliphatic rings. The van der Waals surface area contributed by atoms with E-state index in [0.29, 0.717) is 5.69 Å². The Kier molecular flexibility index (Phi) is 5.77. The molecule has 5 rings (SSSR count). The van der Waals surface area contributed by atoms with E-state index in [1.807, 2.05) is 6.08 Å². The predicted molar refractivity (Wildman–Crippen MR) is 124 cm³/mol. The van der Waals surface area contributed by atoms with Gasteiger partial charge in [0.05, 0.1) is 34.6 Å². The highest BCUT2D eigenvalue weighted by Crippen LogP contribution is 2.46. The Morgan fingerprint density at radius 2 is 1.91 bits per heavy atom. The van der Waals surface area contributed by atoms with E-state index < -0.39 is 27.2 Å². The summed E-state index contributed by atoms with van der Waals surface area (Å²) in [5.41, 5.74) is 1.58. The number of methoxy groups -OCH3 is 1. The lowest BCUT2D eigenvalue weighted by atomic mass is 9.69. The van der Waals surface area contributed by atoms with E-state index in [9.17, 15) is 22.0 Å². The molecule has 0 bridgehead atoms. The van der Waals surface area contributed by atoms with Crippen LogP contribution in [0.25, 0.3) is 11.8 Å². The molecule has 7 nitrogen and oxygen atoms in total. The molecule has 1 aliphatic carbocycles. The van der Waals surface area contributed by atoms with Gasteiger partial charge in [0.25, 0.3) is 0 Å². The van der Waals surface area contributed by atoms with Crippen molar-refractivity contribution in [3.8, 4) is 5.69 Å². The average Bonchev–Trinajstić information content (AvgIpc) is 3.25. The zero-order chi connectivity index (χ0) is 25.0. The third kappa shape index (κ3) is 3.85. The van der Waals surface area contributed by atoms with Crippen LogP contribution in [0.3, 0.4) is 0 Å². The van der Waals surface area contributed by atoms with E-state index in [4.69, 9.17) is 16.3 Å². The molecule has 2 aromatic carbocycles. The monoisotopic (exact) mass is 519 g/mol. The highest BCUT2D eigenvalue weighted by Gasteiger charge is 2.51. The van der Waals surface area contributed by atoms with Gasteiger partial charge in [0.1, 0.15) is 17.0 Å². The fraction of sp³-hybridized carbons (Fsp3) is 0.250. The molecule has 1 fully saturated rings. The van der Waals surface area contributed by atoms with Gasteiger partial charge in [0.15, 0.2) is 0 Å². The molecular formula is C24H20ClF2N3O4S. The first-order valence-corrected chi connectivity index (χ1v) is 12.5. The summed E-state index contributed by atoms with van der Waals surface area (Å²) in [6.45, 7) is -0.0730. The smallest absolute Gasteiger partial charge is 0.317 e. The van der Waals surface area contributed by atoms with Gasteiger partial charge < -0.3 is 4.74 Å². The number of benzene rings is 2. The molecule has 3 aromatic rings. The number of aromatic nitrogens is 2.